The Morgan fingerprint density at radius 3 is 2.62 bits per heavy atom. The third-order valence-electron chi connectivity index (χ3n) is 3.80. The van der Waals surface area contributed by atoms with Gasteiger partial charge < -0.3 is 9.30 Å². The largest absolute Gasteiger partial charge is 0.492 e. The number of para-hydroxylation sites is 1. The third kappa shape index (κ3) is 3.03. The number of halogens is 1. The van der Waals surface area contributed by atoms with E-state index in [-0.39, 0.29) is 10.9 Å². The second-order valence-corrected chi connectivity index (χ2v) is 6.70. The molecule has 0 aliphatic carbocycles. The molecule has 0 fully saturated rings. The minimum absolute atomic E-state index is 0.0210. The van der Waals surface area contributed by atoms with E-state index < -0.39 is 0 Å². The predicted molar refractivity (Wildman–Crippen MR) is 89.4 cm³/mol. The van der Waals surface area contributed by atoms with Gasteiger partial charge in [0, 0.05) is 5.54 Å². The molecule has 0 aliphatic rings. The van der Waals surface area contributed by atoms with Crippen molar-refractivity contribution < 1.29 is 4.74 Å². The summed E-state index contributed by atoms with van der Waals surface area (Å²) in [6, 6.07) is 6.10. The highest BCUT2D eigenvalue weighted by Gasteiger charge is 2.28. The van der Waals surface area contributed by atoms with Crippen LogP contribution in [-0.2, 0) is 5.54 Å². The van der Waals surface area contributed by atoms with Crippen LogP contribution in [0.4, 0.5) is 0 Å². The molecule has 0 aliphatic heterocycles. The Morgan fingerprint density at radius 1 is 1.33 bits per heavy atom. The number of ether oxygens (including phenoxy) is 1. The highest BCUT2D eigenvalue weighted by molar-refractivity contribution is 6.20. The lowest BCUT2D eigenvalue weighted by atomic mass is 9.97. The summed E-state index contributed by atoms with van der Waals surface area (Å²) in [5, 5.41) is -0.136. The summed E-state index contributed by atoms with van der Waals surface area (Å²) >= 11 is 6.39. The number of nitrogens with zero attached hydrogens (tertiary/aromatic N) is 2. The van der Waals surface area contributed by atoms with Crippen molar-refractivity contribution in [2.45, 2.75) is 58.4 Å². The van der Waals surface area contributed by atoms with E-state index in [1.54, 1.807) is 0 Å². The molecule has 0 radical (unpaired) electrons. The maximum absolute atomic E-state index is 6.39. The fourth-order valence-electron chi connectivity index (χ4n) is 2.99. The predicted octanol–water partition coefficient (Wildman–Crippen LogP) is 5.27. The molecule has 1 aromatic carbocycles. The normalized spacial score (nSPS) is 13.6. The van der Waals surface area contributed by atoms with E-state index in [9.17, 15) is 0 Å². The summed E-state index contributed by atoms with van der Waals surface area (Å²) in [6.45, 7) is 11.3. The van der Waals surface area contributed by atoms with Crippen molar-refractivity contribution in [3.8, 4) is 5.75 Å². The fourth-order valence-corrected chi connectivity index (χ4v) is 3.14. The molecule has 116 valence electrons. The average Bonchev–Trinajstić information content (AvgIpc) is 2.80. The quantitative estimate of drug-likeness (QED) is 0.680. The van der Waals surface area contributed by atoms with Gasteiger partial charge in [-0.1, -0.05) is 19.4 Å². The lowest BCUT2D eigenvalue weighted by molar-refractivity contribution is 0.323. The van der Waals surface area contributed by atoms with Crippen LogP contribution in [0.2, 0.25) is 0 Å². The van der Waals surface area contributed by atoms with Crippen LogP contribution in [0.3, 0.4) is 0 Å². The van der Waals surface area contributed by atoms with Crippen LogP contribution in [0.25, 0.3) is 11.0 Å². The fraction of sp³-hybridized carbons (Fsp3) is 0.588. The first kappa shape index (κ1) is 16.2. The summed E-state index contributed by atoms with van der Waals surface area (Å²) in [5.74, 6) is 1.75. The Labute approximate surface area is 132 Å². The topological polar surface area (TPSA) is 27.1 Å². The maximum Gasteiger partial charge on any atom is 0.147 e. The Morgan fingerprint density at radius 2 is 2.05 bits per heavy atom. The van der Waals surface area contributed by atoms with E-state index in [1.807, 2.05) is 26.0 Å². The lowest BCUT2D eigenvalue weighted by Crippen LogP contribution is -2.28. The number of hydrogen-bond acceptors (Lipinski definition) is 2. The van der Waals surface area contributed by atoms with Crippen molar-refractivity contribution in [3.05, 3.63) is 24.0 Å². The summed E-state index contributed by atoms with van der Waals surface area (Å²) in [6.07, 6.45) is 2.20. The van der Waals surface area contributed by atoms with Gasteiger partial charge in [0.2, 0.25) is 0 Å². The summed E-state index contributed by atoms with van der Waals surface area (Å²) in [5.41, 5.74) is 1.99. The van der Waals surface area contributed by atoms with Crippen molar-refractivity contribution >= 4 is 22.6 Å². The molecule has 1 unspecified atom stereocenters. The number of rotatable bonds is 6. The lowest BCUT2D eigenvalue weighted by Gasteiger charge is -2.29. The Bertz CT molecular complexity index is 617. The van der Waals surface area contributed by atoms with Crippen LogP contribution >= 0.6 is 11.6 Å². The smallest absolute Gasteiger partial charge is 0.147 e. The average molecular weight is 309 g/mol. The van der Waals surface area contributed by atoms with Crippen molar-refractivity contribution in [1.82, 2.24) is 9.55 Å². The molecule has 0 saturated carbocycles. The van der Waals surface area contributed by atoms with Crippen LogP contribution in [0.15, 0.2) is 18.2 Å². The molecule has 2 rings (SSSR count). The second kappa shape index (κ2) is 6.27. The van der Waals surface area contributed by atoms with Gasteiger partial charge in [-0.25, -0.2) is 4.98 Å². The highest BCUT2D eigenvalue weighted by Crippen LogP contribution is 2.36. The molecule has 0 saturated heterocycles. The van der Waals surface area contributed by atoms with Gasteiger partial charge in [0.25, 0.3) is 0 Å². The summed E-state index contributed by atoms with van der Waals surface area (Å²) in [4.78, 5) is 4.79. The van der Waals surface area contributed by atoms with Gasteiger partial charge in [-0.2, -0.15) is 0 Å². The van der Waals surface area contributed by atoms with Crippen molar-refractivity contribution in [2.24, 2.45) is 0 Å². The van der Waals surface area contributed by atoms with Crippen molar-refractivity contribution in [3.63, 3.8) is 0 Å². The number of fused-ring (bicyclic) bond motifs is 1. The molecular weight excluding hydrogens is 284 g/mol. The SMILES string of the molecule is CCCC(C)(C)n1c(C(C)Cl)nc2c(OCC)cccc21. The zero-order valence-corrected chi connectivity index (χ0v) is 14.4. The van der Waals surface area contributed by atoms with E-state index >= 15 is 0 Å². The van der Waals surface area contributed by atoms with Gasteiger partial charge in [-0.15, -0.1) is 11.6 Å². The number of aromatic nitrogens is 2. The Kier molecular flexibility index (Phi) is 4.82. The molecule has 21 heavy (non-hydrogen) atoms. The molecule has 1 atom stereocenters. The van der Waals surface area contributed by atoms with Gasteiger partial charge in [0.1, 0.15) is 17.1 Å². The van der Waals surface area contributed by atoms with E-state index in [0.29, 0.717) is 6.61 Å². The van der Waals surface area contributed by atoms with Gasteiger partial charge in [-0.3, -0.25) is 0 Å². The Balaban J connectivity index is 2.72. The molecule has 3 nitrogen and oxygen atoms in total. The second-order valence-electron chi connectivity index (χ2n) is 6.04. The van der Waals surface area contributed by atoms with Crippen molar-refractivity contribution in [2.75, 3.05) is 6.61 Å². The minimum atomic E-state index is -0.136. The zero-order chi connectivity index (χ0) is 15.6. The van der Waals surface area contributed by atoms with Crippen LogP contribution < -0.4 is 4.74 Å². The van der Waals surface area contributed by atoms with Crippen LogP contribution in [0.5, 0.6) is 5.75 Å². The molecular formula is C17H25ClN2O. The zero-order valence-electron chi connectivity index (χ0n) is 13.6. The molecule has 1 aromatic heterocycles. The number of benzene rings is 1. The number of hydrogen-bond donors (Lipinski definition) is 0. The molecule has 2 aromatic rings. The standard InChI is InChI=1S/C17H25ClN2O/c1-6-11-17(4,5)20-13-9-8-10-14(21-7-2)15(13)19-16(20)12(3)18/h8-10,12H,6-7,11H2,1-5H3. The molecule has 4 heteroatoms. The molecule has 0 bridgehead atoms. The summed E-state index contributed by atoms with van der Waals surface area (Å²) in [7, 11) is 0. The van der Waals surface area contributed by atoms with E-state index in [1.165, 1.54) is 0 Å². The Hall–Kier alpha value is -1.22. The molecule has 0 N–H and O–H groups in total. The number of alkyl halides is 1. The van der Waals surface area contributed by atoms with Crippen LogP contribution in [-0.4, -0.2) is 16.2 Å². The van der Waals surface area contributed by atoms with Gasteiger partial charge >= 0.3 is 0 Å². The van der Waals surface area contributed by atoms with Crippen LogP contribution in [0.1, 0.15) is 58.7 Å². The first-order valence-electron chi connectivity index (χ1n) is 7.71. The van der Waals surface area contributed by atoms with E-state index in [2.05, 4.69) is 31.4 Å². The minimum Gasteiger partial charge on any atom is -0.492 e. The van der Waals surface area contributed by atoms with Crippen LogP contribution in [0, 0.1) is 0 Å². The first-order chi connectivity index (χ1) is 9.92. The third-order valence-corrected chi connectivity index (χ3v) is 3.99. The van der Waals surface area contributed by atoms with E-state index in [0.717, 1.165) is 35.4 Å². The van der Waals surface area contributed by atoms with Gasteiger partial charge in [0.15, 0.2) is 0 Å². The van der Waals surface area contributed by atoms with Crippen molar-refractivity contribution in [1.29, 1.82) is 0 Å². The number of imidazole rings is 1. The summed E-state index contributed by atoms with van der Waals surface area (Å²) < 4.78 is 8.00. The highest BCUT2D eigenvalue weighted by atomic mass is 35.5. The molecule has 0 amide bonds. The maximum atomic E-state index is 6.39. The monoisotopic (exact) mass is 308 g/mol. The first-order valence-corrected chi connectivity index (χ1v) is 8.14. The van der Waals surface area contributed by atoms with Gasteiger partial charge in [0.05, 0.1) is 17.5 Å². The molecule has 1 heterocycles. The van der Waals surface area contributed by atoms with E-state index in [4.69, 9.17) is 21.3 Å². The van der Waals surface area contributed by atoms with Gasteiger partial charge in [-0.05, 0) is 46.2 Å². The molecule has 0 spiro atoms.